The second-order valence-corrected chi connectivity index (χ2v) is 5.47. The Balaban J connectivity index is 2.27. The van der Waals surface area contributed by atoms with E-state index in [9.17, 15) is 9.59 Å². The zero-order valence-electron chi connectivity index (χ0n) is 10.9. The SMILES string of the molecule is CN(C)C(=O)[C@@H]1[C@H](C(=O)N(C)C)[C@H]2C=C[C@H]1C2. The summed E-state index contributed by atoms with van der Waals surface area (Å²) in [5.41, 5.74) is 0. The van der Waals surface area contributed by atoms with Gasteiger partial charge in [-0.1, -0.05) is 12.2 Å². The number of carbonyl (C=O) groups excluding carboxylic acids is 2. The Labute approximate surface area is 102 Å². The van der Waals surface area contributed by atoms with Crippen LogP contribution < -0.4 is 0 Å². The molecule has 0 aromatic heterocycles. The predicted octanol–water partition coefficient (Wildman–Crippen LogP) is 0.601. The Hall–Kier alpha value is -1.32. The van der Waals surface area contributed by atoms with Crippen LogP contribution in [0.2, 0.25) is 0 Å². The molecule has 0 aromatic rings. The van der Waals surface area contributed by atoms with Crippen LogP contribution in [0.1, 0.15) is 6.42 Å². The van der Waals surface area contributed by atoms with Crippen molar-refractivity contribution in [2.24, 2.45) is 23.7 Å². The fourth-order valence-corrected chi connectivity index (χ4v) is 3.09. The van der Waals surface area contributed by atoms with Gasteiger partial charge in [0.15, 0.2) is 0 Å². The van der Waals surface area contributed by atoms with Gasteiger partial charge >= 0.3 is 0 Å². The number of hydrogen-bond acceptors (Lipinski definition) is 2. The highest BCUT2D eigenvalue weighted by Crippen LogP contribution is 2.49. The van der Waals surface area contributed by atoms with Crippen LogP contribution in [-0.2, 0) is 9.59 Å². The first-order valence-electron chi connectivity index (χ1n) is 6.04. The van der Waals surface area contributed by atoms with Gasteiger partial charge in [0.2, 0.25) is 11.8 Å². The van der Waals surface area contributed by atoms with Crippen molar-refractivity contribution < 1.29 is 9.59 Å². The van der Waals surface area contributed by atoms with E-state index < -0.39 is 0 Å². The molecule has 0 radical (unpaired) electrons. The molecule has 0 saturated heterocycles. The average molecular weight is 236 g/mol. The topological polar surface area (TPSA) is 40.6 Å². The average Bonchev–Trinajstić information content (AvgIpc) is 2.85. The van der Waals surface area contributed by atoms with Gasteiger partial charge in [0.05, 0.1) is 11.8 Å². The lowest BCUT2D eigenvalue weighted by atomic mass is 9.81. The highest BCUT2D eigenvalue weighted by Gasteiger charge is 2.52. The third-order valence-corrected chi connectivity index (χ3v) is 3.91. The normalized spacial score (nSPS) is 33.9. The Bertz CT molecular complexity index is 340. The molecular formula is C13H20N2O2. The zero-order valence-corrected chi connectivity index (χ0v) is 10.9. The zero-order chi connectivity index (χ0) is 12.7. The van der Waals surface area contributed by atoms with E-state index >= 15 is 0 Å². The minimum atomic E-state index is -0.158. The summed E-state index contributed by atoms with van der Waals surface area (Å²) in [4.78, 5) is 27.6. The highest BCUT2D eigenvalue weighted by atomic mass is 16.2. The summed E-state index contributed by atoms with van der Waals surface area (Å²) >= 11 is 0. The molecule has 17 heavy (non-hydrogen) atoms. The smallest absolute Gasteiger partial charge is 0.226 e. The molecule has 2 amide bonds. The lowest BCUT2D eigenvalue weighted by Gasteiger charge is -2.30. The Kier molecular flexibility index (Phi) is 2.98. The highest BCUT2D eigenvalue weighted by molar-refractivity contribution is 5.89. The summed E-state index contributed by atoms with van der Waals surface area (Å²) in [6.07, 6.45) is 5.17. The van der Waals surface area contributed by atoms with E-state index in [0.29, 0.717) is 0 Å². The molecule has 0 aromatic carbocycles. The van der Waals surface area contributed by atoms with Crippen molar-refractivity contribution in [1.82, 2.24) is 9.80 Å². The van der Waals surface area contributed by atoms with Crippen LogP contribution in [0.15, 0.2) is 12.2 Å². The standard InChI is InChI=1S/C13H20N2O2/c1-14(2)12(16)10-8-5-6-9(7-8)11(10)13(17)15(3)4/h5-6,8-11H,7H2,1-4H3/t8-,9-,10-,11+/m0/s1. The van der Waals surface area contributed by atoms with Crippen LogP contribution in [0.25, 0.3) is 0 Å². The Morgan fingerprint density at radius 2 is 1.24 bits per heavy atom. The minimum Gasteiger partial charge on any atom is -0.349 e. The number of hydrogen-bond donors (Lipinski definition) is 0. The Morgan fingerprint density at radius 1 is 0.882 bits per heavy atom. The van der Waals surface area contributed by atoms with Crippen LogP contribution in [0, 0.1) is 23.7 Å². The molecule has 0 N–H and O–H groups in total. The van der Waals surface area contributed by atoms with Gasteiger partial charge in [-0.2, -0.15) is 0 Å². The summed E-state index contributed by atoms with van der Waals surface area (Å²) in [5.74, 6) is 0.362. The van der Waals surface area contributed by atoms with Crippen molar-refractivity contribution in [2.45, 2.75) is 6.42 Å². The number of carbonyl (C=O) groups is 2. The number of rotatable bonds is 2. The second-order valence-electron chi connectivity index (χ2n) is 5.47. The molecule has 0 heterocycles. The summed E-state index contributed by atoms with van der Waals surface area (Å²) in [6.45, 7) is 0. The first kappa shape index (κ1) is 12.1. The number of nitrogens with zero attached hydrogens (tertiary/aromatic N) is 2. The minimum absolute atomic E-state index is 0.0852. The first-order valence-corrected chi connectivity index (χ1v) is 6.04. The number of allylic oxidation sites excluding steroid dienone is 2. The summed E-state index contributed by atoms with van der Waals surface area (Å²) in [5, 5.41) is 0. The number of fused-ring (bicyclic) bond motifs is 2. The Morgan fingerprint density at radius 3 is 1.53 bits per heavy atom. The van der Waals surface area contributed by atoms with Crippen LogP contribution in [-0.4, -0.2) is 49.8 Å². The van der Waals surface area contributed by atoms with Crippen LogP contribution >= 0.6 is 0 Å². The quantitative estimate of drug-likeness (QED) is 0.659. The molecule has 2 bridgehead atoms. The van der Waals surface area contributed by atoms with E-state index in [0.717, 1.165) is 6.42 Å². The van der Waals surface area contributed by atoms with Crippen LogP contribution in [0.4, 0.5) is 0 Å². The first-order chi connectivity index (χ1) is 7.93. The summed E-state index contributed by atoms with van der Waals surface area (Å²) in [7, 11) is 7.04. The monoisotopic (exact) mass is 236 g/mol. The van der Waals surface area contributed by atoms with Gasteiger partial charge in [-0.05, 0) is 18.3 Å². The van der Waals surface area contributed by atoms with Crippen LogP contribution in [0.3, 0.4) is 0 Å². The maximum absolute atomic E-state index is 12.2. The molecule has 2 rings (SSSR count). The van der Waals surface area contributed by atoms with Crippen molar-refractivity contribution in [2.75, 3.05) is 28.2 Å². The molecule has 1 fully saturated rings. The van der Waals surface area contributed by atoms with Gasteiger partial charge in [-0.3, -0.25) is 9.59 Å². The van der Waals surface area contributed by atoms with Gasteiger partial charge in [-0.15, -0.1) is 0 Å². The molecule has 4 heteroatoms. The maximum atomic E-state index is 12.2. The van der Waals surface area contributed by atoms with E-state index in [-0.39, 0.29) is 35.5 Å². The molecule has 4 atom stereocenters. The molecule has 1 saturated carbocycles. The summed E-state index contributed by atoms with van der Waals surface area (Å²) < 4.78 is 0. The van der Waals surface area contributed by atoms with E-state index in [1.807, 2.05) is 0 Å². The van der Waals surface area contributed by atoms with Gasteiger partial charge in [0.25, 0.3) is 0 Å². The number of amides is 2. The van der Waals surface area contributed by atoms with Gasteiger partial charge in [-0.25, -0.2) is 0 Å². The van der Waals surface area contributed by atoms with E-state index in [2.05, 4.69) is 12.2 Å². The van der Waals surface area contributed by atoms with Gasteiger partial charge in [0.1, 0.15) is 0 Å². The fraction of sp³-hybridized carbons (Fsp3) is 0.692. The molecule has 0 aliphatic heterocycles. The molecular weight excluding hydrogens is 216 g/mol. The van der Waals surface area contributed by atoms with Crippen molar-refractivity contribution in [1.29, 1.82) is 0 Å². The molecule has 94 valence electrons. The molecule has 0 unspecified atom stereocenters. The second kappa shape index (κ2) is 4.17. The third kappa shape index (κ3) is 1.85. The van der Waals surface area contributed by atoms with Gasteiger partial charge < -0.3 is 9.80 Å². The molecule has 2 aliphatic carbocycles. The third-order valence-electron chi connectivity index (χ3n) is 3.91. The van der Waals surface area contributed by atoms with Crippen molar-refractivity contribution >= 4 is 11.8 Å². The fourth-order valence-electron chi connectivity index (χ4n) is 3.09. The largest absolute Gasteiger partial charge is 0.349 e. The molecule has 4 nitrogen and oxygen atoms in total. The van der Waals surface area contributed by atoms with Gasteiger partial charge in [0, 0.05) is 28.2 Å². The lowest BCUT2D eigenvalue weighted by molar-refractivity contribution is -0.144. The molecule has 2 aliphatic rings. The van der Waals surface area contributed by atoms with Crippen molar-refractivity contribution in [3.63, 3.8) is 0 Å². The molecule has 0 spiro atoms. The van der Waals surface area contributed by atoms with E-state index in [1.54, 1.807) is 38.0 Å². The summed E-state index contributed by atoms with van der Waals surface area (Å²) in [6, 6.07) is 0. The maximum Gasteiger partial charge on any atom is 0.226 e. The predicted molar refractivity (Wildman–Crippen MR) is 65.1 cm³/mol. The lowest BCUT2D eigenvalue weighted by Crippen LogP contribution is -2.43. The van der Waals surface area contributed by atoms with Crippen molar-refractivity contribution in [3.8, 4) is 0 Å². The van der Waals surface area contributed by atoms with E-state index in [1.165, 1.54) is 0 Å². The van der Waals surface area contributed by atoms with Crippen LogP contribution in [0.5, 0.6) is 0 Å². The van der Waals surface area contributed by atoms with Crippen molar-refractivity contribution in [3.05, 3.63) is 12.2 Å². The van der Waals surface area contributed by atoms with E-state index in [4.69, 9.17) is 0 Å².